The summed E-state index contributed by atoms with van der Waals surface area (Å²) < 4.78 is 5.43. The van der Waals surface area contributed by atoms with Crippen LogP contribution in [0.4, 0.5) is 0 Å². The second-order valence-corrected chi connectivity index (χ2v) is 4.98. The number of hydrogen-bond donors (Lipinski definition) is 1. The van der Waals surface area contributed by atoms with Gasteiger partial charge in [-0.3, -0.25) is 0 Å². The van der Waals surface area contributed by atoms with Gasteiger partial charge in [-0.05, 0) is 32.5 Å². The summed E-state index contributed by atoms with van der Waals surface area (Å²) in [6.07, 6.45) is 2.14. The van der Waals surface area contributed by atoms with E-state index < -0.39 is 0 Å². The molecule has 1 atom stereocenters. The third kappa shape index (κ3) is 2.31. The molecule has 3 nitrogen and oxygen atoms in total. The van der Waals surface area contributed by atoms with Crippen LogP contribution in [0.25, 0.3) is 0 Å². The fraction of sp³-hybridized carbons (Fsp3) is 0.571. The summed E-state index contributed by atoms with van der Waals surface area (Å²) in [5, 5.41) is 9.85. The minimum atomic E-state index is -0.167. The van der Waals surface area contributed by atoms with Gasteiger partial charge in [0.2, 0.25) is 0 Å². The SMILES string of the molecule is COc1ccccc1C1(CO)CCCN(C)C1. The monoisotopic (exact) mass is 235 g/mol. The predicted molar refractivity (Wildman–Crippen MR) is 68.5 cm³/mol. The van der Waals surface area contributed by atoms with Crippen LogP contribution in [0.1, 0.15) is 18.4 Å². The van der Waals surface area contributed by atoms with Crippen molar-refractivity contribution in [3.05, 3.63) is 29.8 Å². The Labute approximate surface area is 103 Å². The van der Waals surface area contributed by atoms with Crippen molar-refractivity contribution >= 4 is 0 Å². The fourth-order valence-electron chi connectivity index (χ4n) is 2.88. The summed E-state index contributed by atoms with van der Waals surface area (Å²) >= 11 is 0. The molecule has 1 aromatic carbocycles. The second-order valence-electron chi connectivity index (χ2n) is 4.98. The number of likely N-dealkylation sites (N-methyl/N-ethyl adjacent to an activating group) is 1. The Kier molecular flexibility index (Phi) is 3.69. The van der Waals surface area contributed by atoms with Gasteiger partial charge >= 0.3 is 0 Å². The summed E-state index contributed by atoms with van der Waals surface area (Å²) in [7, 11) is 3.80. The van der Waals surface area contributed by atoms with E-state index in [1.54, 1.807) is 7.11 Å². The van der Waals surface area contributed by atoms with Crippen molar-refractivity contribution in [2.24, 2.45) is 0 Å². The van der Waals surface area contributed by atoms with E-state index in [4.69, 9.17) is 4.74 Å². The number of nitrogens with zero attached hydrogens (tertiary/aromatic N) is 1. The third-order valence-corrected chi connectivity index (χ3v) is 3.75. The van der Waals surface area contributed by atoms with E-state index in [0.29, 0.717) is 0 Å². The van der Waals surface area contributed by atoms with Gasteiger partial charge in [0.1, 0.15) is 5.75 Å². The molecule has 1 aliphatic rings. The van der Waals surface area contributed by atoms with E-state index in [1.807, 2.05) is 18.2 Å². The molecule has 17 heavy (non-hydrogen) atoms. The Morgan fingerprint density at radius 2 is 2.18 bits per heavy atom. The first-order chi connectivity index (χ1) is 8.22. The molecule has 1 saturated heterocycles. The van der Waals surface area contributed by atoms with Crippen LogP contribution in [0.2, 0.25) is 0 Å². The van der Waals surface area contributed by atoms with E-state index in [1.165, 1.54) is 0 Å². The Balaban J connectivity index is 2.39. The molecule has 0 aliphatic carbocycles. The first-order valence-electron chi connectivity index (χ1n) is 6.15. The largest absolute Gasteiger partial charge is 0.496 e. The smallest absolute Gasteiger partial charge is 0.122 e. The van der Waals surface area contributed by atoms with Crippen molar-refractivity contribution in [1.82, 2.24) is 4.90 Å². The summed E-state index contributed by atoms with van der Waals surface area (Å²) in [6.45, 7) is 2.18. The number of piperidine rings is 1. The van der Waals surface area contributed by atoms with Gasteiger partial charge in [0.25, 0.3) is 0 Å². The standard InChI is InChI=1S/C14H21NO2/c1-15-9-5-8-14(10-15,11-16)12-6-3-4-7-13(12)17-2/h3-4,6-7,16H,5,8-11H2,1-2H3. The van der Waals surface area contributed by atoms with E-state index in [2.05, 4.69) is 18.0 Å². The third-order valence-electron chi connectivity index (χ3n) is 3.75. The molecule has 94 valence electrons. The number of ether oxygens (including phenoxy) is 1. The van der Waals surface area contributed by atoms with Crippen molar-refractivity contribution in [1.29, 1.82) is 0 Å². The van der Waals surface area contributed by atoms with Crippen LogP contribution in [-0.2, 0) is 5.41 Å². The van der Waals surface area contributed by atoms with Gasteiger partial charge in [-0.15, -0.1) is 0 Å². The van der Waals surface area contributed by atoms with E-state index >= 15 is 0 Å². The van der Waals surface area contributed by atoms with Gasteiger partial charge in [-0.25, -0.2) is 0 Å². The van der Waals surface area contributed by atoms with Crippen LogP contribution >= 0.6 is 0 Å². The Hall–Kier alpha value is -1.06. The highest BCUT2D eigenvalue weighted by molar-refractivity contribution is 5.40. The Morgan fingerprint density at radius 1 is 1.41 bits per heavy atom. The number of likely N-dealkylation sites (tertiary alicyclic amines) is 1. The predicted octanol–water partition coefficient (Wildman–Crippen LogP) is 1.65. The molecule has 1 N–H and O–H groups in total. The molecule has 0 amide bonds. The lowest BCUT2D eigenvalue weighted by Crippen LogP contribution is -2.46. The molecule has 0 radical (unpaired) electrons. The Morgan fingerprint density at radius 3 is 2.82 bits per heavy atom. The van der Waals surface area contributed by atoms with Gasteiger partial charge in [0.15, 0.2) is 0 Å². The lowest BCUT2D eigenvalue weighted by molar-refractivity contribution is 0.102. The average Bonchev–Trinajstić information content (AvgIpc) is 2.38. The zero-order valence-electron chi connectivity index (χ0n) is 10.6. The van der Waals surface area contributed by atoms with Crippen LogP contribution < -0.4 is 4.74 Å². The fourth-order valence-corrected chi connectivity index (χ4v) is 2.88. The number of rotatable bonds is 3. The van der Waals surface area contributed by atoms with E-state index in [-0.39, 0.29) is 12.0 Å². The number of benzene rings is 1. The van der Waals surface area contributed by atoms with Gasteiger partial charge in [0.05, 0.1) is 13.7 Å². The zero-order chi connectivity index (χ0) is 12.3. The number of aliphatic hydroxyl groups is 1. The molecular weight excluding hydrogens is 214 g/mol. The van der Waals surface area contributed by atoms with Gasteiger partial charge in [0, 0.05) is 17.5 Å². The maximum absolute atomic E-state index is 9.85. The zero-order valence-corrected chi connectivity index (χ0v) is 10.6. The van der Waals surface area contributed by atoms with E-state index in [9.17, 15) is 5.11 Å². The molecule has 1 aromatic rings. The molecule has 0 spiro atoms. The molecule has 0 bridgehead atoms. The molecule has 0 saturated carbocycles. The molecule has 1 heterocycles. The van der Waals surface area contributed by atoms with Gasteiger partial charge in [-0.1, -0.05) is 18.2 Å². The lowest BCUT2D eigenvalue weighted by Gasteiger charge is -2.41. The molecule has 2 rings (SSSR count). The number of para-hydroxylation sites is 1. The summed E-state index contributed by atoms with van der Waals surface area (Å²) in [4.78, 5) is 2.28. The molecule has 0 aromatic heterocycles. The maximum Gasteiger partial charge on any atom is 0.122 e. The van der Waals surface area contributed by atoms with Crippen LogP contribution in [0, 0.1) is 0 Å². The van der Waals surface area contributed by atoms with Crippen LogP contribution in [-0.4, -0.2) is 43.9 Å². The van der Waals surface area contributed by atoms with Crippen LogP contribution in [0.3, 0.4) is 0 Å². The quantitative estimate of drug-likeness (QED) is 0.864. The lowest BCUT2D eigenvalue weighted by atomic mass is 9.74. The number of hydrogen-bond acceptors (Lipinski definition) is 3. The van der Waals surface area contributed by atoms with Gasteiger partial charge < -0.3 is 14.7 Å². The summed E-state index contributed by atoms with van der Waals surface area (Å²) in [5.41, 5.74) is 0.969. The minimum absolute atomic E-state index is 0.167. The van der Waals surface area contributed by atoms with Gasteiger partial charge in [-0.2, -0.15) is 0 Å². The Bertz CT molecular complexity index is 380. The maximum atomic E-state index is 9.85. The van der Waals surface area contributed by atoms with Crippen molar-refractivity contribution in [2.45, 2.75) is 18.3 Å². The molecule has 1 fully saturated rings. The summed E-state index contributed by atoms with van der Waals surface area (Å²) in [5.74, 6) is 0.886. The van der Waals surface area contributed by atoms with E-state index in [0.717, 1.165) is 37.2 Å². The van der Waals surface area contributed by atoms with Crippen molar-refractivity contribution in [3.63, 3.8) is 0 Å². The highest BCUT2D eigenvalue weighted by Gasteiger charge is 2.37. The normalized spacial score (nSPS) is 25.8. The van der Waals surface area contributed by atoms with Crippen LogP contribution in [0.5, 0.6) is 5.75 Å². The highest BCUT2D eigenvalue weighted by atomic mass is 16.5. The average molecular weight is 235 g/mol. The molecular formula is C14H21NO2. The summed E-state index contributed by atoms with van der Waals surface area (Å²) in [6, 6.07) is 8.04. The highest BCUT2D eigenvalue weighted by Crippen LogP contribution is 2.38. The number of methoxy groups -OCH3 is 1. The first-order valence-corrected chi connectivity index (χ1v) is 6.15. The van der Waals surface area contributed by atoms with Crippen LogP contribution in [0.15, 0.2) is 24.3 Å². The molecule has 1 aliphatic heterocycles. The second kappa shape index (κ2) is 5.07. The molecule has 1 unspecified atom stereocenters. The van der Waals surface area contributed by atoms with Crippen molar-refractivity contribution in [3.8, 4) is 5.75 Å². The first kappa shape index (κ1) is 12.4. The topological polar surface area (TPSA) is 32.7 Å². The minimum Gasteiger partial charge on any atom is -0.496 e. The van der Waals surface area contributed by atoms with Crippen molar-refractivity contribution in [2.75, 3.05) is 33.9 Å². The number of aliphatic hydroxyl groups excluding tert-OH is 1. The molecule has 3 heteroatoms. The van der Waals surface area contributed by atoms with Crippen molar-refractivity contribution < 1.29 is 9.84 Å².